The van der Waals surface area contributed by atoms with Gasteiger partial charge in [0, 0.05) is 18.0 Å². The number of esters is 3. The zero-order valence-electron chi connectivity index (χ0n) is 24.5. The van der Waals surface area contributed by atoms with Crippen molar-refractivity contribution in [1.29, 1.82) is 0 Å². The molecule has 2 heterocycles. The fraction of sp³-hybridized carbons (Fsp3) is 0.552. The molecular formula is C29H33NO15. The number of likely N-dealkylation sites (N-methyl/N-ethyl adjacent to an activating group) is 1. The number of aliphatic hydroxyl groups excluding tert-OH is 2. The monoisotopic (exact) mass is 635 g/mol. The number of hydrogen-bond donors (Lipinski definition) is 5. The minimum Gasteiger partial charge on any atom is -0.493 e. The van der Waals surface area contributed by atoms with Gasteiger partial charge < -0.3 is 54.1 Å². The minimum absolute atomic E-state index is 0.0474. The van der Waals surface area contributed by atoms with Crippen molar-refractivity contribution in [3.8, 4) is 11.5 Å². The standard InChI is InChI=1S/C29H33NO15/c1-12(25(37)44-16(24(35)36)11-18(31)32)42-26(38)20(33)21(34)27(39)43-15-6-7-29(40)17-10-13-4-5-14(41-3)22-19(13)28(29,23(15)45-22)8-9-30(17)2/h4-6,12,16-17,20-21,23,33-34,40H,7-11H2,1-3H3,(H,31,32)(H,35,36)/t12-,16-,17+,20+,21+,23-,28-,29+/m0/s1. The lowest BCUT2D eigenvalue weighted by Crippen LogP contribution is -2.74. The zero-order valence-corrected chi connectivity index (χ0v) is 24.5. The van der Waals surface area contributed by atoms with Crippen LogP contribution in [0.3, 0.4) is 0 Å². The average molecular weight is 636 g/mol. The van der Waals surface area contributed by atoms with Gasteiger partial charge in [-0.25, -0.2) is 19.2 Å². The van der Waals surface area contributed by atoms with E-state index in [1.165, 1.54) is 13.2 Å². The highest BCUT2D eigenvalue weighted by atomic mass is 16.6. The van der Waals surface area contributed by atoms with Crippen LogP contribution in [0.25, 0.3) is 0 Å². The highest BCUT2D eigenvalue weighted by Gasteiger charge is 2.72. The van der Waals surface area contributed by atoms with Gasteiger partial charge in [0.2, 0.25) is 6.10 Å². The summed E-state index contributed by atoms with van der Waals surface area (Å²) >= 11 is 0. The highest BCUT2D eigenvalue weighted by Crippen LogP contribution is 2.65. The smallest absolute Gasteiger partial charge is 0.348 e. The number of nitrogens with zero attached hydrogens (tertiary/aromatic N) is 1. The van der Waals surface area contributed by atoms with Crippen LogP contribution < -0.4 is 9.47 Å². The Morgan fingerprint density at radius 3 is 2.40 bits per heavy atom. The number of rotatable bonds is 11. The summed E-state index contributed by atoms with van der Waals surface area (Å²) < 4.78 is 26.6. The van der Waals surface area contributed by atoms with Crippen LogP contribution in [0.15, 0.2) is 24.0 Å². The molecule has 4 aliphatic rings. The summed E-state index contributed by atoms with van der Waals surface area (Å²) in [5.74, 6) is -7.10. The lowest BCUT2D eigenvalue weighted by atomic mass is 9.50. The summed E-state index contributed by atoms with van der Waals surface area (Å²) in [5.41, 5.74) is -0.620. The van der Waals surface area contributed by atoms with Crippen molar-refractivity contribution < 1.29 is 73.2 Å². The predicted molar refractivity (Wildman–Crippen MR) is 145 cm³/mol. The molecule has 0 amide bonds. The van der Waals surface area contributed by atoms with Gasteiger partial charge in [0.25, 0.3) is 0 Å². The number of methoxy groups -OCH3 is 1. The third kappa shape index (κ3) is 5.07. The molecule has 1 aromatic carbocycles. The molecule has 5 rings (SSSR count). The fourth-order valence-electron chi connectivity index (χ4n) is 6.89. The highest BCUT2D eigenvalue weighted by molar-refractivity contribution is 5.88. The summed E-state index contributed by atoms with van der Waals surface area (Å²) in [7, 11) is 3.40. The Kier molecular flexibility index (Phi) is 8.28. The molecule has 16 nitrogen and oxygen atoms in total. The second kappa shape index (κ2) is 11.6. The third-order valence-corrected chi connectivity index (χ3v) is 9.08. The van der Waals surface area contributed by atoms with E-state index in [1.807, 2.05) is 13.1 Å². The molecule has 8 atom stereocenters. The Balaban J connectivity index is 1.31. The summed E-state index contributed by atoms with van der Waals surface area (Å²) in [4.78, 5) is 61.6. The van der Waals surface area contributed by atoms with E-state index in [0.29, 0.717) is 30.9 Å². The van der Waals surface area contributed by atoms with Crippen molar-refractivity contribution in [1.82, 2.24) is 4.90 Å². The fourth-order valence-corrected chi connectivity index (χ4v) is 6.89. The van der Waals surface area contributed by atoms with Crippen molar-refractivity contribution in [3.63, 3.8) is 0 Å². The van der Waals surface area contributed by atoms with E-state index in [2.05, 4.69) is 9.64 Å². The molecule has 1 spiro atoms. The Morgan fingerprint density at radius 1 is 1.07 bits per heavy atom. The molecule has 16 heteroatoms. The van der Waals surface area contributed by atoms with Crippen LogP contribution in [0.5, 0.6) is 11.5 Å². The van der Waals surface area contributed by atoms with E-state index in [0.717, 1.165) is 18.1 Å². The van der Waals surface area contributed by atoms with E-state index in [4.69, 9.17) is 29.2 Å². The van der Waals surface area contributed by atoms with Crippen LogP contribution >= 0.6 is 0 Å². The van der Waals surface area contributed by atoms with Crippen LogP contribution in [-0.4, -0.2) is 123 Å². The molecule has 2 aliphatic heterocycles. The normalized spacial score (nSPS) is 28.6. The Hall–Kier alpha value is -4.25. The first-order valence-electron chi connectivity index (χ1n) is 14.1. The number of carbonyl (C=O) groups excluding carboxylic acids is 3. The Bertz CT molecular complexity index is 1470. The zero-order chi connectivity index (χ0) is 33.0. The lowest BCUT2D eigenvalue weighted by Gasteiger charge is -2.61. The molecule has 0 unspecified atom stereocenters. The molecule has 2 aliphatic carbocycles. The van der Waals surface area contributed by atoms with E-state index >= 15 is 0 Å². The van der Waals surface area contributed by atoms with Gasteiger partial charge in [0.05, 0.1) is 24.5 Å². The van der Waals surface area contributed by atoms with E-state index in [1.54, 1.807) is 6.07 Å². The number of hydrogen-bond acceptors (Lipinski definition) is 14. The number of ether oxygens (including phenoxy) is 5. The van der Waals surface area contributed by atoms with Crippen LogP contribution in [0.2, 0.25) is 0 Å². The molecule has 2 bridgehead atoms. The van der Waals surface area contributed by atoms with Crippen LogP contribution in [-0.2, 0) is 50.0 Å². The maximum absolute atomic E-state index is 13.0. The average Bonchev–Trinajstić information content (AvgIpc) is 3.34. The molecule has 5 N–H and O–H groups in total. The maximum Gasteiger partial charge on any atom is 0.348 e. The topological polar surface area (TPSA) is 236 Å². The molecular weight excluding hydrogens is 602 g/mol. The number of benzene rings is 1. The van der Waals surface area contributed by atoms with Crippen LogP contribution in [0, 0.1) is 0 Å². The molecule has 1 aromatic rings. The minimum atomic E-state index is -2.54. The number of piperidine rings is 1. The van der Waals surface area contributed by atoms with Gasteiger partial charge in [-0.1, -0.05) is 6.07 Å². The first-order chi connectivity index (χ1) is 21.2. The number of carboxylic acids is 2. The van der Waals surface area contributed by atoms with Crippen LogP contribution in [0.1, 0.15) is 37.3 Å². The SMILES string of the molecule is COc1ccc2c3c1O[C@H]1C(OC(=O)[C@H](O)[C@@H](O)C(=O)O[C@@H](C)C(=O)O[C@@H](CC(=O)O)C(=O)O)=CC[C@@]4(O)[C@@H](C2)N(C)CC[C@]314. The number of likely N-dealkylation sites (tertiary alicyclic amines) is 1. The largest absolute Gasteiger partial charge is 0.493 e. The van der Waals surface area contributed by atoms with Crippen molar-refractivity contribution >= 4 is 29.8 Å². The van der Waals surface area contributed by atoms with Gasteiger partial charge in [0.15, 0.2) is 35.9 Å². The van der Waals surface area contributed by atoms with Gasteiger partial charge >= 0.3 is 29.8 Å². The lowest BCUT2D eigenvalue weighted by molar-refractivity contribution is -0.186. The van der Waals surface area contributed by atoms with Gasteiger partial charge in [-0.15, -0.1) is 0 Å². The second-order valence-corrected chi connectivity index (χ2v) is 11.5. The van der Waals surface area contributed by atoms with Gasteiger partial charge in [-0.05, 0) is 51.1 Å². The maximum atomic E-state index is 13.0. The number of aliphatic hydroxyl groups is 3. The molecule has 1 saturated heterocycles. The second-order valence-electron chi connectivity index (χ2n) is 11.5. The molecule has 0 aromatic heterocycles. The first-order valence-corrected chi connectivity index (χ1v) is 14.1. The van der Waals surface area contributed by atoms with Crippen molar-refractivity contribution in [3.05, 3.63) is 35.1 Å². The molecule has 244 valence electrons. The summed E-state index contributed by atoms with van der Waals surface area (Å²) in [6, 6.07) is 3.40. The van der Waals surface area contributed by atoms with Crippen molar-refractivity contribution in [2.75, 3.05) is 20.7 Å². The third-order valence-electron chi connectivity index (χ3n) is 9.08. The molecule has 0 radical (unpaired) electrons. The van der Waals surface area contributed by atoms with Crippen molar-refractivity contribution in [2.45, 2.75) is 80.2 Å². The summed E-state index contributed by atoms with van der Waals surface area (Å²) in [6.45, 7) is 1.54. The van der Waals surface area contributed by atoms with Crippen LogP contribution in [0.4, 0.5) is 0 Å². The number of aliphatic carboxylic acids is 2. The van der Waals surface area contributed by atoms with Crippen molar-refractivity contribution in [2.24, 2.45) is 0 Å². The van der Waals surface area contributed by atoms with Gasteiger partial charge in [-0.2, -0.15) is 0 Å². The van der Waals surface area contributed by atoms with E-state index < -0.39 is 77.8 Å². The van der Waals surface area contributed by atoms with Gasteiger partial charge in [0.1, 0.15) is 5.76 Å². The number of carbonyl (C=O) groups is 5. The summed E-state index contributed by atoms with van der Waals surface area (Å²) in [5, 5.41) is 50.9. The quantitative estimate of drug-likeness (QED) is 0.139. The van der Waals surface area contributed by atoms with E-state index in [-0.39, 0.29) is 18.2 Å². The molecule has 0 saturated carbocycles. The Morgan fingerprint density at radius 2 is 1.76 bits per heavy atom. The molecule has 45 heavy (non-hydrogen) atoms. The predicted octanol–water partition coefficient (Wildman–Crippen LogP) is -1.36. The number of carboxylic acid groups (broad SMARTS) is 2. The molecule has 1 fully saturated rings. The Labute approximate surface area is 255 Å². The van der Waals surface area contributed by atoms with Gasteiger partial charge in [-0.3, -0.25) is 4.79 Å². The van der Waals surface area contributed by atoms with E-state index in [9.17, 15) is 39.3 Å². The summed E-state index contributed by atoms with van der Waals surface area (Å²) in [6.07, 6.45) is -8.51. The first kappa shape index (κ1) is 32.2.